The molecule has 0 saturated carbocycles. The molecule has 84 valence electrons. The van der Waals surface area contributed by atoms with Crippen LogP contribution in [0.4, 0.5) is 0 Å². The number of nitrogens with zero attached hydrogens (tertiary/aromatic N) is 1. The zero-order valence-corrected chi connectivity index (χ0v) is 10.6. The number of hydrogen-bond acceptors (Lipinski definition) is 3. The molecule has 1 unspecified atom stereocenters. The molecule has 1 amide bonds. The number of carbonyl (C=O) groups is 1. The van der Waals surface area contributed by atoms with Gasteiger partial charge in [0.2, 0.25) is 5.22 Å². The van der Waals surface area contributed by atoms with Crippen LogP contribution in [0.1, 0.15) is 17.3 Å². The number of rotatable bonds is 4. The number of halogens is 1. The minimum atomic E-state index is -0.102. The first-order valence-electron chi connectivity index (χ1n) is 4.57. The van der Waals surface area contributed by atoms with Gasteiger partial charge in [-0.3, -0.25) is 4.79 Å². The van der Waals surface area contributed by atoms with E-state index in [9.17, 15) is 4.79 Å². The van der Waals surface area contributed by atoms with Gasteiger partial charge in [-0.15, -0.1) is 0 Å². The maximum absolute atomic E-state index is 11.9. The average Bonchev–Trinajstić information content (AvgIpc) is 2.62. The van der Waals surface area contributed by atoms with E-state index in [2.05, 4.69) is 0 Å². The number of furan rings is 1. The lowest BCUT2D eigenvalue weighted by molar-refractivity contribution is 0.0757. The van der Waals surface area contributed by atoms with Crippen LogP contribution >= 0.6 is 23.4 Å². The van der Waals surface area contributed by atoms with Gasteiger partial charge in [-0.05, 0) is 30.8 Å². The van der Waals surface area contributed by atoms with Crippen LogP contribution in [0, 0.1) is 0 Å². The van der Waals surface area contributed by atoms with Crippen molar-refractivity contribution in [3.63, 3.8) is 0 Å². The van der Waals surface area contributed by atoms with Gasteiger partial charge in [0.05, 0.1) is 11.8 Å². The molecule has 1 aromatic rings. The van der Waals surface area contributed by atoms with E-state index in [4.69, 9.17) is 16.0 Å². The SMILES string of the molecule is CSCC(C)N(C)C(=O)c1ccoc1Cl. The van der Waals surface area contributed by atoms with Gasteiger partial charge in [-0.1, -0.05) is 0 Å². The molecule has 1 atom stereocenters. The van der Waals surface area contributed by atoms with Crippen LogP contribution in [0.3, 0.4) is 0 Å². The lowest BCUT2D eigenvalue weighted by atomic mass is 10.2. The first-order valence-corrected chi connectivity index (χ1v) is 6.34. The van der Waals surface area contributed by atoms with Crippen molar-refractivity contribution in [1.29, 1.82) is 0 Å². The van der Waals surface area contributed by atoms with Crippen LogP contribution in [0.25, 0.3) is 0 Å². The highest BCUT2D eigenvalue weighted by molar-refractivity contribution is 7.98. The van der Waals surface area contributed by atoms with Crippen molar-refractivity contribution < 1.29 is 9.21 Å². The van der Waals surface area contributed by atoms with E-state index >= 15 is 0 Å². The third-order valence-corrected chi connectivity index (χ3v) is 3.35. The summed E-state index contributed by atoms with van der Waals surface area (Å²) in [5.74, 6) is 0.799. The van der Waals surface area contributed by atoms with Crippen LogP contribution in [-0.4, -0.2) is 35.9 Å². The molecule has 0 aliphatic rings. The molecule has 1 aromatic heterocycles. The molecule has 5 heteroatoms. The van der Waals surface area contributed by atoms with Crippen molar-refractivity contribution in [2.24, 2.45) is 0 Å². The van der Waals surface area contributed by atoms with Gasteiger partial charge in [-0.25, -0.2) is 0 Å². The molecule has 15 heavy (non-hydrogen) atoms. The van der Waals surface area contributed by atoms with Crippen molar-refractivity contribution in [2.75, 3.05) is 19.1 Å². The monoisotopic (exact) mass is 247 g/mol. The minimum Gasteiger partial charge on any atom is -0.452 e. The molecule has 1 rings (SSSR count). The van der Waals surface area contributed by atoms with Gasteiger partial charge in [0.1, 0.15) is 0 Å². The summed E-state index contributed by atoms with van der Waals surface area (Å²) in [4.78, 5) is 13.6. The summed E-state index contributed by atoms with van der Waals surface area (Å²) in [6.45, 7) is 2.00. The minimum absolute atomic E-state index is 0.102. The van der Waals surface area contributed by atoms with Crippen molar-refractivity contribution in [1.82, 2.24) is 4.90 Å². The summed E-state index contributed by atoms with van der Waals surface area (Å²) in [6.07, 6.45) is 3.43. The Morgan fingerprint density at radius 2 is 2.40 bits per heavy atom. The van der Waals surface area contributed by atoms with Gasteiger partial charge in [0.15, 0.2) is 0 Å². The summed E-state index contributed by atoms with van der Waals surface area (Å²) in [5, 5.41) is 0.156. The molecule has 0 N–H and O–H groups in total. The van der Waals surface area contributed by atoms with E-state index in [0.29, 0.717) is 5.56 Å². The molecular formula is C10H14ClNO2S. The fourth-order valence-electron chi connectivity index (χ4n) is 1.19. The van der Waals surface area contributed by atoms with Gasteiger partial charge in [0.25, 0.3) is 5.91 Å². The van der Waals surface area contributed by atoms with Crippen molar-refractivity contribution in [3.05, 3.63) is 23.1 Å². The Morgan fingerprint density at radius 3 is 2.87 bits per heavy atom. The Hall–Kier alpha value is -0.610. The maximum atomic E-state index is 11.9. The van der Waals surface area contributed by atoms with Crippen LogP contribution < -0.4 is 0 Å². The third-order valence-electron chi connectivity index (χ3n) is 2.24. The smallest absolute Gasteiger partial charge is 0.258 e. The van der Waals surface area contributed by atoms with Gasteiger partial charge >= 0.3 is 0 Å². The van der Waals surface area contributed by atoms with E-state index in [1.54, 1.807) is 29.8 Å². The second-order valence-corrected chi connectivity index (χ2v) is 4.58. The molecule has 0 aromatic carbocycles. The highest BCUT2D eigenvalue weighted by atomic mass is 35.5. The van der Waals surface area contributed by atoms with Gasteiger partial charge < -0.3 is 9.32 Å². The number of carbonyl (C=O) groups excluding carboxylic acids is 1. The summed E-state index contributed by atoms with van der Waals surface area (Å²) < 4.78 is 4.89. The van der Waals surface area contributed by atoms with Crippen molar-refractivity contribution in [3.8, 4) is 0 Å². The molecular weight excluding hydrogens is 234 g/mol. The fraction of sp³-hybridized carbons (Fsp3) is 0.500. The molecule has 0 spiro atoms. The topological polar surface area (TPSA) is 33.5 Å². The normalized spacial score (nSPS) is 12.5. The second-order valence-electron chi connectivity index (χ2n) is 3.33. The van der Waals surface area contributed by atoms with Crippen LogP contribution in [0.2, 0.25) is 5.22 Å². The van der Waals surface area contributed by atoms with E-state index in [1.165, 1.54) is 6.26 Å². The second kappa shape index (κ2) is 5.47. The standard InChI is InChI=1S/C10H14ClNO2S/c1-7(6-15-3)12(2)10(13)8-4-5-14-9(8)11/h4-5,7H,6H2,1-3H3. The number of amides is 1. The van der Waals surface area contributed by atoms with Crippen molar-refractivity contribution in [2.45, 2.75) is 13.0 Å². The molecule has 1 heterocycles. The summed E-state index contributed by atoms with van der Waals surface area (Å²) in [6, 6.07) is 1.77. The fourth-order valence-corrected chi connectivity index (χ4v) is 2.09. The zero-order valence-electron chi connectivity index (χ0n) is 8.99. The quantitative estimate of drug-likeness (QED) is 0.820. The molecule has 0 aliphatic heterocycles. The first-order chi connectivity index (χ1) is 7.07. The largest absolute Gasteiger partial charge is 0.452 e. The predicted molar refractivity (Wildman–Crippen MR) is 63.7 cm³/mol. The highest BCUT2D eigenvalue weighted by Crippen LogP contribution is 2.19. The Kier molecular flexibility index (Phi) is 4.54. The Bertz CT molecular complexity index is 340. The molecule has 0 aliphatic carbocycles. The molecule has 0 fully saturated rings. The molecule has 3 nitrogen and oxygen atoms in total. The van der Waals surface area contributed by atoms with Gasteiger partial charge in [0, 0.05) is 18.8 Å². The molecule has 0 saturated heterocycles. The first kappa shape index (κ1) is 12.5. The Balaban J connectivity index is 2.73. The summed E-state index contributed by atoms with van der Waals surface area (Å²) in [7, 11) is 1.77. The summed E-state index contributed by atoms with van der Waals surface area (Å²) in [5.41, 5.74) is 0.423. The predicted octanol–water partition coefficient (Wildman–Crippen LogP) is 2.76. The average molecular weight is 248 g/mol. The van der Waals surface area contributed by atoms with E-state index in [1.807, 2.05) is 13.2 Å². The Morgan fingerprint density at radius 1 is 1.73 bits per heavy atom. The van der Waals surface area contributed by atoms with Gasteiger partial charge in [-0.2, -0.15) is 11.8 Å². The van der Waals surface area contributed by atoms with Crippen LogP contribution in [0.15, 0.2) is 16.7 Å². The Labute approximate surface area is 98.8 Å². The van der Waals surface area contributed by atoms with Crippen molar-refractivity contribution >= 4 is 29.3 Å². The zero-order chi connectivity index (χ0) is 11.4. The maximum Gasteiger partial charge on any atom is 0.258 e. The molecule has 0 bridgehead atoms. The lowest BCUT2D eigenvalue weighted by Gasteiger charge is -2.23. The van der Waals surface area contributed by atoms with Crippen LogP contribution in [0.5, 0.6) is 0 Å². The highest BCUT2D eigenvalue weighted by Gasteiger charge is 2.20. The summed E-state index contributed by atoms with van der Waals surface area (Å²) >= 11 is 7.45. The number of hydrogen-bond donors (Lipinski definition) is 0. The van der Waals surface area contributed by atoms with E-state index in [0.717, 1.165) is 5.75 Å². The van der Waals surface area contributed by atoms with E-state index in [-0.39, 0.29) is 17.2 Å². The number of thioether (sulfide) groups is 1. The third kappa shape index (κ3) is 2.92. The molecule has 0 radical (unpaired) electrons. The van der Waals surface area contributed by atoms with Crippen LogP contribution in [-0.2, 0) is 0 Å². The van der Waals surface area contributed by atoms with E-state index < -0.39 is 0 Å². The lowest BCUT2D eigenvalue weighted by Crippen LogP contribution is -2.36.